The quantitative estimate of drug-likeness (QED) is 0.788. The van der Waals surface area contributed by atoms with E-state index in [1.807, 2.05) is 0 Å². The van der Waals surface area contributed by atoms with Gasteiger partial charge in [-0.2, -0.15) is 0 Å². The molecule has 2 unspecified atom stereocenters. The molecule has 2 aliphatic heterocycles. The van der Waals surface area contributed by atoms with E-state index in [4.69, 9.17) is 4.74 Å². The number of piperidine rings is 1. The second-order valence-corrected chi connectivity index (χ2v) is 5.14. The summed E-state index contributed by atoms with van der Waals surface area (Å²) in [7, 11) is 0. The van der Waals surface area contributed by atoms with Gasteiger partial charge < -0.3 is 10.1 Å². The van der Waals surface area contributed by atoms with E-state index in [2.05, 4.69) is 17.1 Å². The lowest BCUT2D eigenvalue weighted by Crippen LogP contribution is -2.48. The van der Waals surface area contributed by atoms with E-state index in [1.165, 1.54) is 45.2 Å². The van der Waals surface area contributed by atoms with Gasteiger partial charge >= 0.3 is 0 Å². The minimum atomic E-state index is 0.508. The fraction of sp³-hybridized carbons (Fsp3) is 1.00. The molecule has 3 heteroatoms. The van der Waals surface area contributed by atoms with Gasteiger partial charge in [0.1, 0.15) is 0 Å². The van der Waals surface area contributed by atoms with Crippen LogP contribution in [0.2, 0.25) is 0 Å². The molecule has 0 spiro atoms. The molecule has 2 atom stereocenters. The van der Waals surface area contributed by atoms with E-state index in [1.54, 1.807) is 0 Å². The summed E-state index contributed by atoms with van der Waals surface area (Å²) in [5.41, 5.74) is 0. The minimum Gasteiger partial charge on any atom is -0.377 e. The fourth-order valence-electron chi connectivity index (χ4n) is 2.92. The largest absolute Gasteiger partial charge is 0.377 e. The standard InChI is InChI=1S/C13H26N2O/c1-2-14-12-6-5-8-15(10-12)11-13-7-3-4-9-16-13/h12-14H,2-11H2,1H3. The molecule has 0 bridgehead atoms. The molecule has 2 heterocycles. The monoisotopic (exact) mass is 226 g/mol. The Labute approximate surface area is 99.5 Å². The summed E-state index contributed by atoms with van der Waals surface area (Å²) in [4.78, 5) is 2.59. The van der Waals surface area contributed by atoms with Crippen LogP contribution < -0.4 is 5.32 Å². The van der Waals surface area contributed by atoms with Gasteiger partial charge in [-0.3, -0.25) is 4.90 Å². The Morgan fingerprint density at radius 2 is 2.19 bits per heavy atom. The predicted octanol–water partition coefficient (Wildman–Crippen LogP) is 1.63. The van der Waals surface area contributed by atoms with Crippen LogP contribution in [-0.4, -0.2) is 49.8 Å². The number of ether oxygens (including phenoxy) is 1. The van der Waals surface area contributed by atoms with Gasteiger partial charge in [-0.15, -0.1) is 0 Å². The Balaban J connectivity index is 1.71. The molecule has 0 aromatic carbocycles. The topological polar surface area (TPSA) is 24.5 Å². The molecular formula is C13H26N2O. The van der Waals surface area contributed by atoms with E-state index in [0.29, 0.717) is 12.1 Å². The Kier molecular flexibility index (Phi) is 5.07. The van der Waals surface area contributed by atoms with Crippen molar-refractivity contribution in [3.05, 3.63) is 0 Å². The van der Waals surface area contributed by atoms with Gasteiger partial charge in [0, 0.05) is 25.7 Å². The Bertz CT molecular complexity index is 190. The second-order valence-electron chi connectivity index (χ2n) is 5.14. The van der Waals surface area contributed by atoms with Crippen molar-refractivity contribution in [3.63, 3.8) is 0 Å². The van der Waals surface area contributed by atoms with Crippen molar-refractivity contribution in [2.24, 2.45) is 0 Å². The third kappa shape index (κ3) is 3.72. The van der Waals surface area contributed by atoms with Gasteiger partial charge in [0.05, 0.1) is 6.10 Å². The number of likely N-dealkylation sites (tertiary alicyclic amines) is 1. The zero-order valence-corrected chi connectivity index (χ0v) is 10.6. The first-order valence-electron chi connectivity index (χ1n) is 6.96. The molecule has 1 N–H and O–H groups in total. The second kappa shape index (κ2) is 6.58. The number of nitrogens with one attached hydrogen (secondary N) is 1. The maximum absolute atomic E-state index is 5.81. The van der Waals surface area contributed by atoms with Crippen LogP contribution in [0, 0.1) is 0 Å². The van der Waals surface area contributed by atoms with Crippen molar-refractivity contribution in [1.82, 2.24) is 10.2 Å². The first-order chi connectivity index (χ1) is 7.88. The summed E-state index contributed by atoms with van der Waals surface area (Å²) >= 11 is 0. The van der Waals surface area contributed by atoms with E-state index in [0.717, 1.165) is 19.7 Å². The van der Waals surface area contributed by atoms with Crippen molar-refractivity contribution >= 4 is 0 Å². The highest BCUT2D eigenvalue weighted by Crippen LogP contribution is 2.16. The maximum Gasteiger partial charge on any atom is 0.0702 e. The summed E-state index contributed by atoms with van der Waals surface area (Å²) in [5, 5.41) is 3.57. The van der Waals surface area contributed by atoms with Gasteiger partial charge in [-0.1, -0.05) is 6.92 Å². The van der Waals surface area contributed by atoms with Crippen molar-refractivity contribution in [2.75, 3.05) is 32.8 Å². The fourth-order valence-corrected chi connectivity index (χ4v) is 2.92. The molecule has 0 aromatic heterocycles. The zero-order chi connectivity index (χ0) is 11.2. The molecule has 3 nitrogen and oxygen atoms in total. The van der Waals surface area contributed by atoms with Crippen LogP contribution >= 0.6 is 0 Å². The molecule has 2 aliphatic rings. The highest BCUT2D eigenvalue weighted by molar-refractivity contribution is 4.80. The third-order valence-electron chi connectivity index (χ3n) is 3.73. The Morgan fingerprint density at radius 1 is 1.25 bits per heavy atom. The van der Waals surface area contributed by atoms with Crippen LogP contribution in [0.3, 0.4) is 0 Å². The first kappa shape index (κ1) is 12.3. The molecule has 0 radical (unpaired) electrons. The Morgan fingerprint density at radius 3 is 2.94 bits per heavy atom. The molecule has 94 valence electrons. The number of hydrogen-bond acceptors (Lipinski definition) is 3. The molecular weight excluding hydrogens is 200 g/mol. The summed E-state index contributed by atoms with van der Waals surface area (Å²) in [5.74, 6) is 0. The number of nitrogens with zero attached hydrogens (tertiary/aromatic N) is 1. The molecule has 0 saturated carbocycles. The average Bonchev–Trinajstić information content (AvgIpc) is 2.31. The van der Waals surface area contributed by atoms with Crippen molar-refractivity contribution in [3.8, 4) is 0 Å². The molecule has 2 fully saturated rings. The highest BCUT2D eigenvalue weighted by Gasteiger charge is 2.23. The van der Waals surface area contributed by atoms with E-state index in [9.17, 15) is 0 Å². The predicted molar refractivity (Wildman–Crippen MR) is 66.7 cm³/mol. The van der Waals surface area contributed by atoms with E-state index < -0.39 is 0 Å². The summed E-state index contributed by atoms with van der Waals surface area (Å²) in [6.07, 6.45) is 7.07. The molecule has 0 aromatic rings. The van der Waals surface area contributed by atoms with Crippen molar-refractivity contribution in [1.29, 1.82) is 0 Å². The normalized spacial score (nSPS) is 32.8. The Hall–Kier alpha value is -0.120. The van der Waals surface area contributed by atoms with Crippen LogP contribution in [0.4, 0.5) is 0 Å². The minimum absolute atomic E-state index is 0.508. The summed E-state index contributed by atoms with van der Waals surface area (Å²) < 4.78 is 5.81. The van der Waals surface area contributed by atoms with Crippen LogP contribution in [-0.2, 0) is 4.74 Å². The lowest BCUT2D eigenvalue weighted by atomic mass is 10.0. The maximum atomic E-state index is 5.81. The van der Waals surface area contributed by atoms with Crippen LogP contribution in [0.5, 0.6) is 0 Å². The lowest BCUT2D eigenvalue weighted by molar-refractivity contribution is -0.0107. The zero-order valence-electron chi connectivity index (χ0n) is 10.6. The number of likely N-dealkylation sites (N-methyl/N-ethyl adjacent to an activating group) is 1. The highest BCUT2D eigenvalue weighted by atomic mass is 16.5. The van der Waals surface area contributed by atoms with E-state index >= 15 is 0 Å². The van der Waals surface area contributed by atoms with Crippen LogP contribution in [0.25, 0.3) is 0 Å². The first-order valence-corrected chi connectivity index (χ1v) is 6.96. The van der Waals surface area contributed by atoms with Crippen molar-refractivity contribution in [2.45, 2.75) is 51.2 Å². The molecule has 2 saturated heterocycles. The number of hydrogen-bond donors (Lipinski definition) is 1. The molecule has 16 heavy (non-hydrogen) atoms. The van der Waals surface area contributed by atoms with Gasteiger partial charge in [-0.05, 0) is 45.2 Å². The summed E-state index contributed by atoms with van der Waals surface area (Å²) in [6.45, 7) is 7.91. The number of rotatable bonds is 4. The van der Waals surface area contributed by atoms with Gasteiger partial charge in [0.2, 0.25) is 0 Å². The molecule has 2 rings (SSSR count). The van der Waals surface area contributed by atoms with Gasteiger partial charge in [0.15, 0.2) is 0 Å². The van der Waals surface area contributed by atoms with Gasteiger partial charge in [-0.25, -0.2) is 0 Å². The smallest absolute Gasteiger partial charge is 0.0702 e. The summed E-state index contributed by atoms with van der Waals surface area (Å²) in [6, 6.07) is 0.711. The van der Waals surface area contributed by atoms with E-state index in [-0.39, 0.29) is 0 Å². The van der Waals surface area contributed by atoms with Crippen LogP contribution in [0.15, 0.2) is 0 Å². The SMILES string of the molecule is CCNC1CCCN(CC2CCCCO2)C1. The molecule has 0 aliphatic carbocycles. The third-order valence-corrected chi connectivity index (χ3v) is 3.73. The van der Waals surface area contributed by atoms with Crippen LogP contribution in [0.1, 0.15) is 39.0 Å². The molecule has 0 amide bonds. The van der Waals surface area contributed by atoms with Crippen molar-refractivity contribution < 1.29 is 4.74 Å². The lowest BCUT2D eigenvalue weighted by Gasteiger charge is -2.36. The average molecular weight is 226 g/mol. The van der Waals surface area contributed by atoms with Gasteiger partial charge in [0.25, 0.3) is 0 Å².